The average molecular weight is 433 g/mol. The van der Waals surface area contributed by atoms with Gasteiger partial charge in [-0.05, 0) is 36.2 Å². The monoisotopic (exact) mass is 433 g/mol. The van der Waals surface area contributed by atoms with Crippen molar-refractivity contribution in [2.75, 3.05) is 5.32 Å². The van der Waals surface area contributed by atoms with Gasteiger partial charge in [0, 0.05) is 10.9 Å². The smallest absolute Gasteiger partial charge is 0.416 e. The van der Waals surface area contributed by atoms with E-state index in [-0.39, 0.29) is 23.1 Å². The molecule has 0 spiro atoms. The number of aromatic nitrogens is 1. The van der Waals surface area contributed by atoms with Gasteiger partial charge in [-0.2, -0.15) is 18.4 Å². The minimum atomic E-state index is -4.43. The summed E-state index contributed by atoms with van der Waals surface area (Å²) in [7, 11) is 0. The Hall–Kier alpha value is -3.58. The number of nitrogens with zero attached hydrogens (tertiary/aromatic N) is 2. The zero-order chi connectivity index (χ0) is 21.9. The molecule has 1 amide bonds. The van der Waals surface area contributed by atoms with E-state index in [4.69, 9.17) is 0 Å². The van der Waals surface area contributed by atoms with Gasteiger partial charge in [-0.25, -0.2) is 4.98 Å². The normalized spacial score (nSPS) is 12.2. The minimum Gasteiger partial charge on any atom is -0.504 e. The maximum Gasteiger partial charge on any atom is 0.416 e. The van der Waals surface area contributed by atoms with E-state index in [1.54, 1.807) is 5.38 Å². The Labute approximate surface area is 172 Å². The van der Waals surface area contributed by atoms with Gasteiger partial charge in [0.1, 0.15) is 5.92 Å². The number of nitriles is 1. The second-order valence-corrected chi connectivity index (χ2v) is 7.17. The van der Waals surface area contributed by atoms with Crippen molar-refractivity contribution in [3.63, 3.8) is 0 Å². The van der Waals surface area contributed by atoms with Crippen molar-refractivity contribution < 1.29 is 28.2 Å². The molecule has 3 N–H and O–H groups in total. The molecule has 1 unspecified atom stereocenters. The van der Waals surface area contributed by atoms with Gasteiger partial charge < -0.3 is 15.5 Å². The fourth-order valence-corrected chi connectivity index (χ4v) is 3.34. The highest BCUT2D eigenvalue weighted by molar-refractivity contribution is 7.14. The number of anilines is 1. The Morgan fingerprint density at radius 3 is 2.47 bits per heavy atom. The maximum absolute atomic E-state index is 12.7. The summed E-state index contributed by atoms with van der Waals surface area (Å²) in [5.41, 5.74) is 0.556. The summed E-state index contributed by atoms with van der Waals surface area (Å²) in [6.45, 7) is 0. The van der Waals surface area contributed by atoms with Gasteiger partial charge >= 0.3 is 6.18 Å². The lowest BCUT2D eigenvalue weighted by Gasteiger charge is -2.09. The molecule has 154 valence electrons. The molecule has 0 radical (unpaired) electrons. The molecule has 3 rings (SSSR count). The van der Waals surface area contributed by atoms with E-state index in [0.29, 0.717) is 16.8 Å². The number of halogens is 3. The van der Waals surface area contributed by atoms with Crippen molar-refractivity contribution in [2.24, 2.45) is 5.92 Å². The van der Waals surface area contributed by atoms with Crippen molar-refractivity contribution >= 4 is 22.4 Å². The lowest BCUT2D eigenvalue weighted by molar-refractivity contribution is -0.137. The van der Waals surface area contributed by atoms with E-state index >= 15 is 0 Å². The summed E-state index contributed by atoms with van der Waals surface area (Å²) in [6.07, 6.45) is -4.42. The third-order valence-electron chi connectivity index (χ3n) is 4.19. The van der Waals surface area contributed by atoms with Crippen molar-refractivity contribution in [1.82, 2.24) is 4.98 Å². The van der Waals surface area contributed by atoms with E-state index in [0.717, 1.165) is 23.5 Å². The number of nitrogens with one attached hydrogen (secondary N) is 1. The number of benzene rings is 2. The van der Waals surface area contributed by atoms with E-state index in [2.05, 4.69) is 10.3 Å². The molecule has 1 aromatic heterocycles. The number of alkyl halides is 3. The van der Waals surface area contributed by atoms with Crippen LogP contribution in [-0.2, 0) is 17.4 Å². The van der Waals surface area contributed by atoms with E-state index in [1.165, 1.54) is 30.3 Å². The standard InChI is InChI=1S/C20H14F3N3O3S/c21-20(22,23)14-4-2-12(3-5-14)15-10-30-19(25-15)26-18(29)13(9-24)7-11-1-6-16(27)17(28)8-11/h1-6,8,10,13,27-28H,7H2,(H,25,26,29). The molecule has 0 saturated heterocycles. The molecule has 0 aliphatic rings. The lowest BCUT2D eigenvalue weighted by atomic mass is 9.99. The zero-order valence-corrected chi connectivity index (χ0v) is 16.0. The summed E-state index contributed by atoms with van der Waals surface area (Å²) in [5.74, 6) is -2.35. The number of hydrogen-bond acceptors (Lipinski definition) is 6. The Balaban J connectivity index is 1.69. The van der Waals surface area contributed by atoms with E-state index in [1.807, 2.05) is 6.07 Å². The fourth-order valence-electron chi connectivity index (χ4n) is 2.61. The molecular weight excluding hydrogens is 419 g/mol. The second-order valence-electron chi connectivity index (χ2n) is 6.31. The molecule has 0 bridgehead atoms. The lowest BCUT2D eigenvalue weighted by Crippen LogP contribution is -2.23. The highest BCUT2D eigenvalue weighted by Gasteiger charge is 2.30. The minimum absolute atomic E-state index is 0.00725. The topological polar surface area (TPSA) is 106 Å². The van der Waals surface area contributed by atoms with Crippen LogP contribution < -0.4 is 5.32 Å². The van der Waals surface area contributed by atoms with Crippen LogP contribution in [0.25, 0.3) is 11.3 Å². The van der Waals surface area contributed by atoms with Crippen molar-refractivity contribution in [2.45, 2.75) is 12.6 Å². The third-order valence-corrected chi connectivity index (χ3v) is 4.95. The summed E-state index contributed by atoms with van der Waals surface area (Å²) in [6, 6.07) is 10.4. The fraction of sp³-hybridized carbons (Fsp3) is 0.150. The molecule has 0 saturated carbocycles. The van der Waals surface area contributed by atoms with Gasteiger partial charge in [0.2, 0.25) is 5.91 Å². The first-order valence-corrected chi connectivity index (χ1v) is 9.40. The molecule has 2 aromatic carbocycles. The van der Waals surface area contributed by atoms with Crippen LogP contribution in [0, 0.1) is 17.2 Å². The predicted octanol–water partition coefficient (Wildman–Crippen LogP) is 4.56. The second kappa shape index (κ2) is 8.42. The highest BCUT2D eigenvalue weighted by Crippen LogP contribution is 2.32. The predicted molar refractivity (Wildman–Crippen MR) is 104 cm³/mol. The molecule has 3 aromatic rings. The zero-order valence-electron chi connectivity index (χ0n) is 15.1. The van der Waals surface area contributed by atoms with Crippen LogP contribution in [0.2, 0.25) is 0 Å². The third kappa shape index (κ3) is 4.87. The van der Waals surface area contributed by atoms with E-state index < -0.39 is 23.6 Å². The first-order valence-electron chi connectivity index (χ1n) is 8.52. The average Bonchev–Trinajstić information content (AvgIpc) is 3.16. The number of phenolic OH excluding ortho intramolecular Hbond substituents is 2. The van der Waals surface area contributed by atoms with E-state index in [9.17, 15) is 33.4 Å². The van der Waals surface area contributed by atoms with Crippen molar-refractivity contribution in [1.29, 1.82) is 5.26 Å². The summed E-state index contributed by atoms with van der Waals surface area (Å²) >= 11 is 1.07. The largest absolute Gasteiger partial charge is 0.504 e. The van der Waals surface area contributed by atoms with Crippen LogP contribution >= 0.6 is 11.3 Å². The Morgan fingerprint density at radius 2 is 1.87 bits per heavy atom. The number of thiazole rings is 1. The quantitative estimate of drug-likeness (QED) is 0.512. The summed E-state index contributed by atoms with van der Waals surface area (Å²) < 4.78 is 38.0. The van der Waals surface area contributed by atoms with Gasteiger partial charge in [-0.15, -0.1) is 11.3 Å². The number of carbonyl (C=O) groups excluding carboxylic acids is 1. The molecule has 6 nitrogen and oxygen atoms in total. The summed E-state index contributed by atoms with van der Waals surface area (Å²) in [5, 5.41) is 32.5. The van der Waals surface area contributed by atoms with Crippen LogP contribution in [0.15, 0.2) is 47.8 Å². The van der Waals surface area contributed by atoms with Crippen LogP contribution in [0.1, 0.15) is 11.1 Å². The number of carbonyl (C=O) groups is 1. The highest BCUT2D eigenvalue weighted by atomic mass is 32.1. The molecule has 0 fully saturated rings. The first kappa shape index (κ1) is 21.1. The number of amides is 1. The van der Waals surface area contributed by atoms with Gasteiger partial charge in [-0.3, -0.25) is 4.79 Å². The summed E-state index contributed by atoms with van der Waals surface area (Å²) in [4.78, 5) is 16.6. The van der Waals surface area contributed by atoms with Crippen LogP contribution in [0.5, 0.6) is 11.5 Å². The van der Waals surface area contributed by atoms with Gasteiger partial charge in [0.15, 0.2) is 16.6 Å². The van der Waals surface area contributed by atoms with Crippen LogP contribution in [0.4, 0.5) is 18.3 Å². The molecular formula is C20H14F3N3O3S. The number of rotatable bonds is 5. The van der Waals surface area contributed by atoms with Crippen LogP contribution in [-0.4, -0.2) is 21.1 Å². The number of hydrogen-bond donors (Lipinski definition) is 3. The Bertz CT molecular complexity index is 1100. The van der Waals surface area contributed by atoms with Gasteiger partial charge in [0.05, 0.1) is 17.3 Å². The molecule has 0 aliphatic carbocycles. The Kier molecular flexibility index (Phi) is 5.94. The SMILES string of the molecule is N#CC(Cc1ccc(O)c(O)c1)C(=O)Nc1nc(-c2ccc(C(F)(F)F)cc2)cs1. The molecule has 10 heteroatoms. The number of aromatic hydroxyl groups is 2. The first-order chi connectivity index (χ1) is 14.2. The van der Waals surface area contributed by atoms with Gasteiger partial charge in [-0.1, -0.05) is 18.2 Å². The molecule has 30 heavy (non-hydrogen) atoms. The van der Waals surface area contributed by atoms with Crippen molar-refractivity contribution in [3.8, 4) is 28.8 Å². The van der Waals surface area contributed by atoms with Gasteiger partial charge in [0.25, 0.3) is 0 Å². The Morgan fingerprint density at radius 1 is 1.17 bits per heavy atom. The van der Waals surface area contributed by atoms with Crippen molar-refractivity contribution in [3.05, 3.63) is 59.0 Å². The maximum atomic E-state index is 12.7. The molecule has 1 heterocycles. The molecule has 0 aliphatic heterocycles. The molecule has 1 atom stereocenters. The number of phenols is 2. The van der Waals surface area contributed by atoms with Crippen LogP contribution in [0.3, 0.4) is 0 Å².